The number of rotatable bonds is 49. The minimum Gasteiger partial charge on any atom is -0.394 e. The molecule has 0 aliphatic rings. The number of hydrogen-bond donors (Lipinski definition) is 4. The fourth-order valence-corrected chi connectivity index (χ4v) is 8.64. The van der Waals surface area contributed by atoms with Crippen molar-refractivity contribution in [3.63, 3.8) is 0 Å². The van der Waals surface area contributed by atoms with E-state index in [1.54, 1.807) is 0 Å². The molecule has 0 bridgehead atoms. The molecule has 0 fully saturated rings. The van der Waals surface area contributed by atoms with Crippen molar-refractivity contribution in [1.29, 1.82) is 0 Å². The summed E-state index contributed by atoms with van der Waals surface area (Å²) >= 11 is 0. The predicted octanol–water partition coefficient (Wildman–Crippen LogP) is 15.8. The monoisotopic (exact) mass is 808 g/mol. The first kappa shape index (κ1) is 56.4. The Kier molecular flexibility index (Phi) is 47.5. The highest BCUT2D eigenvalue weighted by Crippen LogP contribution is 2.18. The van der Waals surface area contributed by atoms with Gasteiger partial charge in [-0.25, -0.2) is 0 Å². The third-order valence-corrected chi connectivity index (χ3v) is 12.7. The standard InChI is InChI=1S/C52H105NO4/c1-3-5-7-9-11-13-15-17-18-19-20-21-22-23-24-25-26-27-28-29-30-31-32-33-34-35-37-39-41-43-45-47-51(56)53-49(48-54)52(57)50(55)46-44-42-40-38-36-16-14-12-10-8-6-4-2/h49-50,52,54-55,57H,3-48H2,1-2H3,(H,53,56)/t49-,50+,52-/m0/s1. The molecule has 1 amide bonds. The number of hydrogen-bond acceptors (Lipinski definition) is 4. The van der Waals surface area contributed by atoms with Gasteiger partial charge in [0.1, 0.15) is 6.10 Å². The van der Waals surface area contributed by atoms with Gasteiger partial charge in [0.2, 0.25) is 5.91 Å². The van der Waals surface area contributed by atoms with Gasteiger partial charge in [-0.05, 0) is 12.8 Å². The Balaban J connectivity index is 3.43. The molecule has 0 radical (unpaired) electrons. The molecule has 5 nitrogen and oxygen atoms in total. The van der Waals surface area contributed by atoms with Crippen LogP contribution in [-0.2, 0) is 4.79 Å². The second-order valence-electron chi connectivity index (χ2n) is 18.4. The number of aliphatic hydroxyl groups excluding tert-OH is 3. The summed E-state index contributed by atoms with van der Waals surface area (Å²) < 4.78 is 0. The molecule has 342 valence electrons. The molecule has 5 heteroatoms. The molecule has 0 heterocycles. The maximum Gasteiger partial charge on any atom is 0.220 e. The fourth-order valence-electron chi connectivity index (χ4n) is 8.64. The summed E-state index contributed by atoms with van der Waals surface area (Å²) in [6.07, 6.45) is 56.9. The van der Waals surface area contributed by atoms with E-state index in [9.17, 15) is 20.1 Å². The van der Waals surface area contributed by atoms with Crippen LogP contribution in [0.5, 0.6) is 0 Å². The van der Waals surface area contributed by atoms with Gasteiger partial charge in [-0.15, -0.1) is 0 Å². The molecule has 3 atom stereocenters. The first-order valence-corrected chi connectivity index (χ1v) is 26.3. The van der Waals surface area contributed by atoms with Crippen LogP contribution in [0, 0.1) is 0 Å². The molecule has 0 aromatic rings. The average Bonchev–Trinajstić information content (AvgIpc) is 3.22. The van der Waals surface area contributed by atoms with E-state index in [4.69, 9.17) is 0 Å². The third-order valence-electron chi connectivity index (χ3n) is 12.7. The predicted molar refractivity (Wildman–Crippen MR) is 250 cm³/mol. The van der Waals surface area contributed by atoms with Crippen LogP contribution in [0.15, 0.2) is 0 Å². The van der Waals surface area contributed by atoms with Gasteiger partial charge in [-0.2, -0.15) is 0 Å². The molecular weight excluding hydrogens is 703 g/mol. The van der Waals surface area contributed by atoms with Crippen LogP contribution in [0.4, 0.5) is 0 Å². The molecule has 0 aliphatic heterocycles. The van der Waals surface area contributed by atoms with E-state index >= 15 is 0 Å². The Labute approximate surface area is 357 Å². The molecule has 0 saturated carbocycles. The second kappa shape index (κ2) is 48.0. The molecular formula is C52H105NO4. The van der Waals surface area contributed by atoms with E-state index in [2.05, 4.69) is 19.2 Å². The topological polar surface area (TPSA) is 89.8 Å². The van der Waals surface area contributed by atoms with Crippen molar-refractivity contribution in [3.8, 4) is 0 Å². The maximum atomic E-state index is 12.5. The van der Waals surface area contributed by atoms with Crippen LogP contribution in [0.3, 0.4) is 0 Å². The van der Waals surface area contributed by atoms with E-state index in [1.807, 2.05) is 0 Å². The molecule has 0 unspecified atom stereocenters. The van der Waals surface area contributed by atoms with Crippen molar-refractivity contribution in [1.82, 2.24) is 5.32 Å². The Morgan fingerprint density at radius 1 is 0.368 bits per heavy atom. The number of carbonyl (C=O) groups is 1. The first-order valence-electron chi connectivity index (χ1n) is 26.3. The summed E-state index contributed by atoms with van der Waals surface area (Å²) in [7, 11) is 0. The summed E-state index contributed by atoms with van der Waals surface area (Å²) in [5.74, 6) is -0.138. The molecule has 0 aromatic carbocycles. The van der Waals surface area contributed by atoms with Crippen molar-refractivity contribution < 1.29 is 20.1 Å². The zero-order valence-corrected chi connectivity index (χ0v) is 39.0. The summed E-state index contributed by atoms with van der Waals surface area (Å²) in [4.78, 5) is 12.5. The van der Waals surface area contributed by atoms with Crippen LogP contribution >= 0.6 is 0 Å². The Bertz CT molecular complexity index is 762. The van der Waals surface area contributed by atoms with Crippen molar-refractivity contribution in [2.45, 2.75) is 321 Å². The largest absolute Gasteiger partial charge is 0.394 e. The van der Waals surface area contributed by atoms with Crippen LogP contribution in [0.1, 0.15) is 303 Å². The van der Waals surface area contributed by atoms with E-state index in [0.717, 1.165) is 32.1 Å². The highest BCUT2D eigenvalue weighted by Gasteiger charge is 2.26. The molecule has 0 rings (SSSR count). The molecule has 57 heavy (non-hydrogen) atoms. The lowest BCUT2D eigenvalue weighted by molar-refractivity contribution is -0.124. The van der Waals surface area contributed by atoms with Crippen LogP contribution in [0.2, 0.25) is 0 Å². The summed E-state index contributed by atoms with van der Waals surface area (Å²) in [6.45, 7) is 4.20. The third kappa shape index (κ3) is 43.3. The number of amides is 1. The number of aliphatic hydroxyl groups is 3. The minimum absolute atomic E-state index is 0.138. The summed E-state index contributed by atoms with van der Waals surface area (Å²) in [5, 5.41) is 33.6. The van der Waals surface area contributed by atoms with Gasteiger partial charge in [-0.1, -0.05) is 284 Å². The highest BCUT2D eigenvalue weighted by atomic mass is 16.3. The Morgan fingerprint density at radius 2 is 0.596 bits per heavy atom. The summed E-state index contributed by atoms with van der Waals surface area (Å²) in [5.41, 5.74) is 0. The van der Waals surface area contributed by atoms with Crippen LogP contribution in [0.25, 0.3) is 0 Å². The lowest BCUT2D eigenvalue weighted by Crippen LogP contribution is -2.50. The van der Waals surface area contributed by atoms with E-state index < -0.39 is 18.2 Å². The quantitative estimate of drug-likeness (QED) is 0.0461. The zero-order valence-electron chi connectivity index (χ0n) is 39.0. The highest BCUT2D eigenvalue weighted by molar-refractivity contribution is 5.76. The molecule has 0 saturated heterocycles. The maximum absolute atomic E-state index is 12.5. The van der Waals surface area contributed by atoms with Gasteiger partial charge in [0.15, 0.2) is 0 Å². The van der Waals surface area contributed by atoms with Gasteiger partial charge in [0, 0.05) is 6.42 Å². The Morgan fingerprint density at radius 3 is 0.842 bits per heavy atom. The second-order valence-corrected chi connectivity index (χ2v) is 18.4. The van der Waals surface area contributed by atoms with Crippen molar-refractivity contribution in [2.75, 3.05) is 6.61 Å². The van der Waals surface area contributed by atoms with Crippen molar-refractivity contribution >= 4 is 5.91 Å². The molecule has 0 aliphatic carbocycles. The fraction of sp³-hybridized carbons (Fsp3) is 0.981. The van der Waals surface area contributed by atoms with Gasteiger partial charge in [-0.3, -0.25) is 4.79 Å². The Hall–Kier alpha value is -0.650. The number of carbonyl (C=O) groups excluding carboxylic acids is 1. The van der Waals surface area contributed by atoms with Crippen molar-refractivity contribution in [3.05, 3.63) is 0 Å². The average molecular weight is 808 g/mol. The van der Waals surface area contributed by atoms with Crippen molar-refractivity contribution in [2.24, 2.45) is 0 Å². The van der Waals surface area contributed by atoms with Gasteiger partial charge in [0.25, 0.3) is 0 Å². The normalized spacial score (nSPS) is 13.3. The first-order chi connectivity index (χ1) is 28.1. The van der Waals surface area contributed by atoms with E-state index in [-0.39, 0.29) is 12.5 Å². The van der Waals surface area contributed by atoms with Gasteiger partial charge < -0.3 is 20.6 Å². The SMILES string of the molecule is CCCCCCCCCCCCCCCCCCCCCCCCCCCCCCCCCC(=O)N[C@@H](CO)[C@H](O)[C@H](O)CCCCCCCCCCCCCC. The van der Waals surface area contributed by atoms with E-state index in [0.29, 0.717) is 12.8 Å². The lowest BCUT2D eigenvalue weighted by atomic mass is 9.99. The number of unbranched alkanes of at least 4 members (excludes halogenated alkanes) is 41. The molecule has 4 N–H and O–H groups in total. The van der Waals surface area contributed by atoms with Gasteiger partial charge in [0.05, 0.1) is 18.8 Å². The zero-order chi connectivity index (χ0) is 41.5. The lowest BCUT2D eigenvalue weighted by Gasteiger charge is -2.26. The van der Waals surface area contributed by atoms with E-state index in [1.165, 1.54) is 244 Å². The van der Waals surface area contributed by atoms with Crippen LogP contribution < -0.4 is 5.32 Å². The number of nitrogens with one attached hydrogen (secondary N) is 1. The summed E-state index contributed by atoms with van der Waals surface area (Å²) in [6, 6.07) is -0.803. The molecule has 0 aromatic heterocycles. The molecule has 0 spiro atoms. The smallest absolute Gasteiger partial charge is 0.220 e. The minimum atomic E-state index is -1.13. The van der Waals surface area contributed by atoms with Crippen LogP contribution in [-0.4, -0.2) is 46.1 Å². The van der Waals surface area contributed by atoms with Gasteiger partial charge >= 0.3 is 0 Å².